The summed E-state index contributed by atoms with van der Waals surface area (Å²) in [4.78, 5) is 11.4. The van der Waals surface area contributed by atoms with Crippen molar-refractivity contribution in [3.05, 3.63) is 34.3 Å². The molecular weight excluding hydrogens is 268 g/mol. The third-order valence-corrected chi connectivity index (χ3v) is 3.23. The van der Waals surface area contributed by atoms with Crippen molar-refractivity contribution in [1.82, 2.24) is 5.32 Å². The third kappa shape index (κ3) is 3.94. The Hall–Kier alpha value is -0.870. The van der Waals surface area contributed by atoms with Gasteiger partial charge in [0, 0.05) is 23.5 Å². The van der Waals surface area contributed by atoms with Gasteiger partial charge < -0.3 is 11.1 Å². The van der Waals surface area contributed by atoms with Crippen LogP contribution in [0.15, 0.2) is 28.7 Å². The van der Waals surface area contributed by atoms with E-state index in [1.54, 1.807) is 0 Å². The van der Waals surface area contributed by atoms with Crippen LogP contribution in [0.4, 0.5) is 0 Å². The van der Waals surface area contributed by atoms with Gasteiger partial charge in [-0.2, -0.15) is 0 Å². The van der Waals surface area contributed by atoms with E-state index in [-0.39, 0.29) is 11.8 Å². The second kappa shape index (κ2) is 6.66. The first-order chi connectivity index (χ1) is 7.65. The summed E-state index contributed by atoms with van der Waals surface area (Å²) in [6.45, 7) is 2.86. The molecule has 88 valence electrons. The van der Waals surface area contributed by atoms with Gasteiger partial charge in [0.2, 0.25) is 5.91 Å². The minimum Gasteiger partial charge on any atom is -0.355 e. The van der Waals surface area contributed by atoms with Crippen LogP contribution in [0, 0.1) is 5.92 Å². The van der Waals surface area contributed by atoms with Crippen LogP contribution in [0.1, 0.15) is 12.5 Å². The molecule has 0 heterocycles. The fraction of sp³-hybridized carbons (Fsp3) is 0.417. The maximum atomic E-state index is 11.4. The smallest absolute Gasteiger partial charge is 0.224 e. The Labute approximate surface area is 105 Å². The lowest BCUT2D eigenvalue weighted by Gasteiger charge is -2.10. The molecule has 4 heteroatoms. The van der Waals surface area contributed by atoms with Gasteiger partial charge in [-0.3, -0.25) is 4.79 Å². The van der Waals surface area contributed by atoms with Gasteiger partial charge in [0.15, 0.2) is 0 Å². The Morgan fingerprint density at radius 3 is 2.81 bits per heavy atom. The molecule has 1 amide bonds. The quantitative estimate of drug-likeness (QED) is 0.865. The number of benzene rings is 1. The number of rotatable bonds is 5. The van der Waals surface area contributed by atoms with Gasteiger partial charge in [-0.25, -0.2) is 0 Å². The second-order valence-corrected chi connectivity index (χ2v) is 4.62. The minimum absolute atomic E-state index is 0.0227. The van der Waals surface area contributed by atoms with Crippen molar-refractivity contribution >= 4 is 21.8 Å². The highest BCUT2D eigenvalue weighted by molar-refractivity contribution is 9.10. The molecule has 0 aliphatic carbocycles. The molecule has 0 fully saturated rings. The molecule has 3 N–H and O–H groups in total. The molecular formula is C12H17BrN2O. The predicted octanol–water partition coefficient (Wildman–Crippen LogP) is 1.70. The van der Waals surface area contributed by atoms with Gasteiger partial charge >= 0.3 is 0 Å². The molecule has 0 radical (unpaired) electrons. The molecule has 1 atom stereocenters. The Kier molecular flexibility index (Phi) is 5.49. The Morgan fingerprint density at radius 2 is 2.19 bits per heavy atom. The largest absolute Gasteiger partial charge is 0.355 e. The maximum absolute atomic E-state index is 11.4. The zero-order chi connectivity index (χ0) is 12.0. The summed E-state index contributed by atoms with van der Waals surface area (Å²) in [6, 6.07) is 8.01. The van der Waals surface area contributed by atoms with Crippen molar-refractivity contribution in [2.45, 2.75) is 13.3 Å². The number of hydrogen-bond acceptors (Lipinski definition) is 2. The van der Waals surface area contributed by atoms with Crippen molar-refractivity contribution in [2.75, 3.05) is 13.1 Å². The molecule has 0 aliphatic heterocycles. The molecule has 1 rings (SSSR count). The van der Waals surface area contributed by atoms with Gasteiger partial charge in [-0.1, -0.05) is 41.1 Å². The third-order valence-electron chi connectivity index (χ3n) is 2.45. The van der Waals surface area contributed by atoms with Gasteiger partial charge in [-0.05, 0) is 18.1 Å². The summed E-state index contributed by atoms with van der Waals surface area (Å²) >= 11 is 3.47. The summed E-state index contributed by atoms with van der Waals surface area (Å²) in [7, 11) is 0. The maximum Gasteiger partial charge on any atom is 0.224 e. The summed E-state index contributed by atoms with van der Waals surface area (Å²) in [5, 5.41) is 2.87. The van der Waals surface area contributed by atoms with Crippen molar-refractivity contribution in [2.24, 2.45) is 11.7 Å². The van der Waals surface area contributed by atoms with Crippen LogP contribution in [0.3, 0.4) is 0 Å². The summed E-state index contributed by atoms with van der Waals surface area (Å²) in [5.74, 6) is -0.0891. The summed E-state index contributed by atoms with van der Waals surface area (Å²) < 4.78 is 1.08. The Morgan fingerprint density at radius 1 is 1.50 bits per heavy atom. The van der Waals surface area contributed by atoms with E-state index >= 15 is 0 Å². The van der Waals surface area contributed by atoms with E-state index in [2.05, 4.69) is 21.2 Å². The average molecular weight is 285 g/mol. The van der Waals surface area contributed by atoms with Gasteiger partial charge in [0.25, 0.3) is 0 Å². The first kappa shape index (κ1) is 13.2. The predicted molar refractivity (Wildman–Crippen MR) is 69.1 cm³/mol. The lowest BCUT2D eigenvalue weighted by molar-refractivity contribution is -0.124. The molecule has 1 unspecified atom stereocenters. The topological polar surface area (TPSA) is 55.1 Å². The molecule has 0 aromatic heterocycles. The molecule has 1 aromatic carbocycles. The molecule has 1 aromatic rings. The first-order valence-electron chi connectivity index (χ1n) is 5.36. The zero-order valence-electron chi connectivity index (χ0n) is 9.37. The normalized spacial score (nSPS) is 12.2. The number of hydrogen-bond donors (Lipinski definition) is 2. The van der Waals surface area contributed by atoms with Crippen molar-refractivity contribution in [3.63, 3.8) is 0 Å². The van der Waals surface area contributed by atoms with E-state index in [1.807, 2.05) is 31.2 Å². The summed E-state index contributed by atoms with van der Waals surface area (Å²) in [6.07, 6.45) is 0.824. The van der Waals surface area contributed by atoms with Crippen LogP contribution in [0.5, 0.6) is 0 Å². The molecule has 3 nitrogen and oxygen atoms in total. The molecule has 0 saturated heterocycles. The van der Waals surface area contributed by atoms with Crippen LogP contribution in [-0.2, 0) is 11.2 Å². The van der Waals surface area contributed by atoms with Gasteiger partial charge in [0.1, 0.15) is 0 Å². The van der Waals surface area contributed by atoms with Gasteiger partial charge in [0.05, 0.1) is 0 Å². The molecule has 0 spiro atoms. The molecule has 16 heavy (non-hydrogen) atoms. The van der Waals surface area contributed by atoms with Crippen LogP contribution in [-0.4, -0.2) is 19.0 Å². The van der Waals surface area contributed by atoms with Crippen LogP contribution in [0.2, 0.25) is 0 Å². The fourth-order valence-electron chi connectivity index (χ4n) is 1.30. The van der Waals surface area contributed by atoms with Crippen LogP contribution < -0.4 is 11.1 Å². The van der Waals surface area contributed by atoms with Crippen molar-refractivity contribution in [3.8, 4) is 0 Å². The number of amides is 1. The molecule has 0 bridgehead atoms. The number of halogens is 1. The fourth-order valence-corrected chi connectivity index (χ4v) is 1.79. The highest BCUT2D eigenvalue weighted by atomic mass is 79.9. The van der Waals surface area contributed by atoms with Crippen LogP contribution in [0.25, 0.3) is 0 Å². The highest BCUT2D eigenvalue weighted by Gasteiger charge is 2.09. The lowest BCUT2D eigenvalue weighted by atomic mass is 10.1. The van der Waals surface area contributed by atoms with Crippen molar-refractivity contribution < 1.29 is 4.79 Å². The number of nitrogens with one attached hydrogen (secondary N) is 1. The monoisotopic (exact) mass is 284 g/mol. The van der Waals surface area contributed by atoms with E-state index in [1.165, 1.54) is 5.56 Å². The Balaban J connectivity index is 2.36. The summed E-state index contributed by atoms with van der Waals surface area (Å²) in [5.41, 5.74) is 6.61. The first-order valence-corrected chi connectivity index (χ1v) is 6.15. The number of carbonyl (C=O) groups excluding carboxylic acids is 1. The van der Waals surface area contributed by atoms with E-state index in [0.717, 1.165) is 10.9 Å². The van der Waals surface area contributed by atoms with Crippen LogP contribution >= 0.6 is 15.9 Å². The average Bonchev–Trinajstić information content (AvgIpc) is 2.30. The molecule has 0 saturated carbocycles. The second-order valence-electron chi connectivity index (χ2n) is 3.77. The van der Waals surface area contributed by atoms with E-state index in [9.17, 15) is 4.79 Å². The van der Waals surface area contributed by atoms with E-state index in [0.29, 0.717) is 13.1 Å². The Bertz CT molecular complexity index is 355. The zero-order valence-corrected chi connectivity index (χ0v) is 11.0. The van der Waals surface area contributed by atoms with Crippen molar-refractivity contribution in [1.29, 1.82) is 0 Å². The minimum atomic E-state index is -0.112. The van der Waals surface area contributed by atoms with Gasteiger partial charge in [-0.15, -0.1) is 0 Å². The SMILES string of the molecule is CC(CN)C(=O)NCCc1ccccc1Br. The van der Waals surface area contributed by atoms with E-state index < -0.39 is 0 Å². The lowest BCUT2D eigenvalue weighted by Crippen LogP contribution is -2.34. The number of carbonyl (C=O) groups is 1. The number of nitrogens with two attached hydrogens (primary N) is 1. The molecule has 0 aliphatic rings. The standard InChI is InChI=1S/C12H17BrN2O/c1-9(8-14)12(16)15-7-6-10-4-2-3-5-11(10)13/h2-5,9H,6-8,14H2,1H3,(H,15,16). The highest BCUT2D eigenvalue weighted by Crippen LogP contribution is 2.15. The van der Waals surface area contributed by atoms with E-state index in [4.69, 9.17) is 5.73 Å².